The Morgan fingerprint density at radius 3 is 2.45 bits per heavy atom. The van der Waals surface area contributed by atoms with Gasteiger partial charge in [0.05, 0.1) is 53.8 Å². The minimum Gasteiger partial charge on any atom is -0.493 e. The van der Waals surface area contributed by atoms with Gasteiger partial charge in [0.2, 0.25) is 0 Å². The normalized spacial score (nSPS) is 14.0. The highest BCUT2D eigenvalue weighted by atomic mass is 79.9. The van der Waals surface area contributed by atoms with Crippen molar-refractivity contribution in [3.05, 3.63) is 111 Å². The van der Waals surface area contributed by atoms with Crippen molar-refractivity contribution in [3.8, 4) is 23.0 Å². The molecule has 0 saturated heterocycles. The highest BCUT2D eigenvalue weighted by molar-refractivity contribution is 9.10. The lowest BCUT2D eigenvalue weighted by atomic mass is 9.95. The SMILES string of the molecule is CCOC(=O)C1=C(C)N=c2s/c(=C\c3cc(Br)c(OCc4ccc(Cl)cc4Cl)c(OC)c3)c(=O)n2[C@@H]1c1ccc(OCC(=O)OC)c(OCC)c1. The van der Waals surface area contributed by atoms with Crippen molar-refractivity contribution in [2.24, 2.45) is 4.99 Å². The highest BCUT2D eigenvalue weighted by Crippen LogP contribution is 2.39. The molecule has 0 radical (unpaired) electrons. The molecule has 268 valence electrons. The predicted molar refractivity (Wildman–Crippen MR) is 197 cm³/mol. The van der Waals surface area contributed by atoms with E-state index in [9.17, 15) is 14.4 Å². The monoisotopic (exact) mass is 818 g/mol. The third kappa shape index (κ3) is 8.44. The van der Waals surface area contributed by atoms with Gasteiger partial charge in [-0.05, 0) is 90.3 Å². The van der Waals surface area contributed by atoms with E-state index in [-0.39, 0.29) is 37.6 Å². The van der Waals surface area contributed by atoms with Crippen LogP contribution in [0.5, 0.6) is 23.0 Å². The summed E-state index contributed by atoms with van der Waals surface area (Å²) in [6.45, 7) is 5.45. The fourth-order valence-electron chi connectivity index (χ4n) is 5.29. The first-order valence-electron chi connectivity index (χ1n) is 15.6. The minimum atomic E-state index is -0.909. The van der Waals surface area contributed by atoms with Crippen molar-refractivity contribution in [3.63, 3.8) is 0 Å². The second-order valence-corrected chi connectivity index (χ2v) is 13.6. The molecule has 15 heteroatoms. The first kappa shape index (κ1) is 37.9. The summed E-state index contributed by atoms with van der Waals surface area (Å²) in [5.41, 5.74) is 2.15. The van der Waals surface area contributed by atoms with E-state index in [0.717, 1.165) is 5.56 Å². The first-order chi connectivity index (χ1) is 24.5. The van der Waals surface area contributed by atoms with Crippen LogP contribution < -0.4 is 33.8 Å². The van der Waals surface area contributed by atoms with Crippen LogP contribution in [0, 0.1) is 0 Å². The van der Waals surface area contributed by atoms with Gasteiger partial charge in [-0.2, -0.15) is 0 Å². The molecule has 5 rings (SSSR count). The molecule has 0 bridgehead atoms. The zero-order chi connectivity index (χ0) is 36.8. The molecule has 0 N–H and O–H groups in total. The zero-order valence-corrected chi connectivity index (χ0v) is 32.1. The van der Waals surface area contributed by atoms with E-state index in [1.807, 2.05) is 0 Å². The lowest BCUT2D eigenvalue weighted by Gasteiger charge is -2.25. The van der Waals surface area contributed by atoms with Crippen molar-refractivity contribution in [1.29, 1.82) is 0 Å². The Labute approximate surface area is 315 Å². The molecule has 4 aromatic rings. The maximum Gasteiger partial charge on any atom is 0.343 e. The number of carbonyl (C=O) groups excluding carboxylic acids is 2. The van der Waals surface area contributed by atoms with Gasteiger partial charge in [-0.3, -0.25) is 9.36 Å². The average Bonchev–Trinajstić information content (AvgIpc) is 3.40. The van der Waals surface area contributed by atoms with Crippen LogP contribution in [0.4, 0.5) is 0 Å². The molecular weight excluding hydrogens is 787 g/mol. The van der Waals surface area contributed by atoms with Crippen molar-refractivity contribution in [2.75, 3.05) is 34.0 Å². The molecule has 2 heterocycles. The summed E-state index contributed by atoms with van der Waals surface area (Å²) >= 11 is 17.1. The van der Waals surface area contributed by atoms with Crippen LogP contribution in [0.25, 0.3) is 6.08 Å². The summed E-state index contributed by atoms with van der Waals surface area (Å²) in [7, 11) is 2.78. The van der Waals surface area contributed by atoms with Gasteiger partial charge >= 0.3 is 11.9 Å². The maximum atomic E-state index is 14.3. The third-order valence-electron chi connectivity index (χ3n) is 7.61. The zero-order valence-electron chi connectivity index (χ0n) is 28.2. The summed E-state index contributed by atoms with van der Waals surface area (Å²) in [6, 6.07) is 12.8. The molecule has 0 saturated carbocycles. The Morgan fingerprint density at radius 1 is 0.980 bits per heavy atom. The number of rotatable bonds is 13. The van der Waals surface area contributed by atoms with Crippen LogP contribution >= 0.6 is 50.5 Å². The average molecular weight is 821 g/mol. The Bertz CT molecular complexity index is 2200. The van der Waals surface area contributed by atoms with Gasteiger partial charge in [0, 0.05) is 15.6 Å². The second-order valence-electron chi connectivity index (χ2n) is 10.9. The number of thiazole rings is 1. The maximum absolute atomic E-state index is 14.3. The molecule has 1 aliphatic rings. The minimum absolute atomic E-state index is 0.125. The summed E-state index contributed by atoms with van der Waals surface area (Å²) in [6.07, 6.45) is 1.72. The summed E-state index contributed by atoms with van der Waals surface area (Å²) in [5.74, 6) is 0.305. The van der Waals surface area contributed by atoms with Crippen molar-refractivity contribution in [2.45, 2.75) is 33.4 Å². The summed E-state index contributed by atoms with van der Waals surface area (Å²) in [4.78, 5) is 44.4. The van der Waals surface area contributed by atoms with Crippen molar-refractivity contribution in [1.82, 2.24) is 4.57 Å². The van der Waals surface area contributed by atoms with E-state index in [2.05, 4.69) is 25.7 Å². The largest absolute Gasteiger partial charge is 0.493 e. The smallest absolute Gasteiger partial charge is 0.343 e. The number of esters is 2. The molecule has 0 aliphatic carbocycles. The van der Waals surface area contributed by atoms with Crippen LogP contribution in [-0.2, 0) is 25.7 Å². The van der Waals surface area contributed by atoms with Gasteiger partial charge in [-0.1, -0.05) is 46.7 Å². The van der Waals surface area contributed by atoms with Gasteiger partial charge in [-0.15, -0.1) is 0 Å². The molecule has 3 aromatic carbocycles. The van der Waals surface area contributed by atoms with Gasteiger partial charge < -0.3 is 28.4 Å². The molecular formula is C36H33BrCl2N2O9S. The quantitative estimate of drug-likeness (QED) is 0.141. The molecule has 11 nitrogen and oxygen atoms in total. The molecule has 0 unspecified atom stereocenters. The van der Waals surface area contributed by atoms with E-state index in [0.29, 0.717) is 63.7 Å². The number of hydrogen-bond donors (Lipinski definition) is 0. The molecule has 0 amide bonds. The van der Waals surface area contributed by atoms with Gasteiger partial charge in [0.25, 0.3) is 5.56 Å². The molecule has 1 aromatic heterocycles. The number of nitrogens with zero attached hydrogens (tertiary/aromatic N) is 2. The number of hydrogen-bond acceptors (Lipinski definition) is 11. The number of methoxy groups -OCH3 is 2. The number of ether oxygens (including phenoxy) is 6. The van der Waals surface area contributed by atoms with E-state index in [1.165, 1.54) is 30.1 Å². The van der Waals surface area contributed by atoms with Crippen LogP contribution in [0.15, 0.2) is 74.1 Å². The van der Waals surface area contributed by atoms with Crippen molar-refractivity contribution >= 4 is 68.5 Å². The second kappa shape index (κ2) is 16.8. The van der Waals surface area contributed by atoms with E-state index in [4.69, 9.17) is 46.9 Å². The van der Waals surface area contributed by atoms with Crippen molar-refractivity contribution < 1.29 is 38.0 Å². The van der Waals surface area contributed by atoms with E-state index < -0.39 is 18.0 Å². The number of fused-ring (bicyclic) bond motifs is 1. The third-order valence-corrected chi connectivity index (χ3v) is 9.77. The lowest BCUT2D eigenvalue weighted by Crippen LogP contribution is -2.40. The van der Waals surface area contributed by atoms with E-state index in [1.54, 1.807) is 75.4 Å². The number of aromatic nitrogens is 1. The molecule has 1 atom stereocenters. The fourth-order valence-corrected chi connectivity index (χ4v) is 7.37. The van der Waals surface area contributed by atoms with E-state index >= 15 is 0 Å². The topological polar surface area (TPSA) is 124 Å². The van der Waals surface area contributed by atoms with Crippen LogP contribution in [0.2, 0.25) is 10.0 Å². The van der Waals surface area contributed by atoms with Gasteiger partial charge in [-0.25, -0.2) is 14.6 Å². The lowest BCUT2D eigenvalue weighted by molar-refractivity contribution is -0.143. The Kier molecular flexibility index (Phi) is 12.5. The number of halogens is 3. The van der Waals surface area contributed by atoms with Gasteiger partial charge in [0.1, 0.15) is 6.61 Å². The standard InChI is InChI=1S/C36H33BrCl2N2O9S/c1-6-47-27-15-21(9-11-26(27)49-18-30(42)46-5)32-31(35(44)48-7-2)19(3)40-36-41(32)34(43)29(51-36)14-20-12-24(37)33(28(13-20)45-4)50-17-22-8-10-23(38)16-25(22)39/h8-16,32H,6-7,17-18H2,1-5H3/b29-14-/t32-/m1/s1. The van der Waals surface area contributed by atoms with Gasteiger partial charge in [0.15, 0.2) is 34.4 Å². The summed E-state index contributed by atoms with van der Waals surface area (Å²) in [5, 5.41) is 0.993. The van der Waals surface area contributed by atoms with Crippen LogP contribution in [0.3, 0.4) is 0 Å². The molecule has 0 spiro atoms. The Hall–Kier alpha value is -4.30. The first-order valence-corrected chi connectivity index (χ1v) is 18.0. The Balaban J connectivity index is 1.58. The predicted octanol–water partition coefficient (Wildman–Crippen LogP) is 6.41. The highest BCUT2D eigenvalue weighted by Gasteiger charge is 2.34. The van der Waals surface area contributed by atoms with Crippen LogP contribution in [-0.4, -0.2) is 50.5 Å². The summed E-state index contributed by atoms with van der Waals surface area (Å²) < 4.78 is 35.7. The molecule has 1 aliphatic heterocycles. The molecule has 51 heavy (non-hydrogen) atoms. The number of benzene rings is 3. The molecule has 0 fully saturated rings. The fraction of sp³-hybridized carbons (Fsp3) is 0.278. The number of carbonyl (C=O) groups is 2. The van der Waals surface area contributed by atoms with Crippen LogP contribution in [0.1, 0.15) is 43.5 Å². The Morgan fingerprint density at radius 2 is 1.76 bits per heavy atom. The number of allylic oxidation sites excluding steroid dienone is 1.